The fourth-order valence-corrected chi connectivity index (χ4v) is 8.63. The Morgan fingerprint density at radius 2 is 0.950 bits per heavy atom. The number of ether oxygens (including phenoxy) is 4. The highest BCUT2D eigenvalue weighted by Gasteiger charge is 2.31. The number of methoxy groups -OCH3 is 4. The van der Waals surface area contributed by atoms with E-state index in [1.165, 1.54) is 36.5 Å². The normalized spacial score (nSPS) is 20.0. The Balaban J connectivity index is 0.000000310. The largest absolute Gasteiger partial charge is 0.497 e. The molecule has 2 aliphatic carbocycles. The summed E-state index contributed by atoms with van der Waals surface area (Å²) in [5, 5.41) is 0. The number of rotatable bonds is 12. The van der Waals surface area contributed by atoms with Gasteiger partial charge in [-0.05, 0) is 161 Å². The van der Waals surface area contributed by atoms with E-state index in [0.29, 0.717) is 34.8 Å². The molecule has 0 aliphatic heterocycles. The van der Waals surface area contributed by atoms with Gasteiger partial charge in [-0.3, -0.25) is 0 Å². The summed E-state index contributed by atoms with van der Waals surface area (Å²) in [7, 11) is 14.8. The Labute approximate surface area is 370 Å². The third-order valence-corrected chi connectivity index (χ3v) is 11.4. The van der Waals surface area contributed by atoms with E-state index in [-0.39, 0.29) is 36.8 Å². The number of allylic oxidation sites excluding steroid dienone is 2. The average molecular weight is 860 g/mol. The number of nitrogens with zero attached hydrogens (tertiary/aromatic N) is 2. The molecule has 2 aliphatic rings. The molecule has 0 amide bonds. The summed E-state index contributed by atoms with van der Waals surface area (Å²) in [6.07, 6.45) is 11.0. The lowest BCUT2D eigenvalue weighted by molar-refractivity contribution is 0.0592. The van der Waals surface area contributed by atoms with Crippen LogP contribution in [0.5, 0.6) is 11.5 Å². The molecule has 4 unspecified atom stereocenters. The van der Waals surface area contributed by atoms with Crippen LogP contribution in [0.3, 0.4) is 0 Å². The van der Waals surface area contributed by atoms with Gasteiger partial charge in [0.1, 0.15) is 11.5 Å². The minimum Gasteiger partial charge on any atom is -0.497 e. The summed E-state index contributed by atoms with van der Waals surface area (Å²) in [4.78, 5) is 28.3. The van der Waals surface area contributed by atoms with Crippen molar-refractivity contribution in [3.05, 3.63) is 142 Å². The van der Waals surface area contributed by atoms with Crippen LogP contribution < -0.4 is 9.47 Å². The van der Waals surface area contributed by atoms with Gasteiger partial charge < -0.3 is 28.7 Å². The van der Waals surface area contributed by atoms with Gasteiger partial charge in [0.05, 0.1) is 39.6 Å². The molecule has 60 heavy (non-hydrogen) atoms. The van der Waals surface area contributed by atoms with Crippen LogP contribution in [0.15, 0.2) is 108 Å². The van der Waals surface area contributed by atoms with Crippen LogP contribution in [0.2, 0.25) is 0 Å². The predicted molar refractivity (Wildman–Crippen MR) is 249 cm³/mol. The Morgan fingerprint density at radius 1 is 0.567 bits per heavy atom. The van der Waals surface area contributed by atoms with Gasteiger partial charge in [-0.25, -0.2) is 9.59 Å². The molecule has 2 fully saturated rings. The van der Waals surface area contributed by atoms with Crippen molar-refractivity contribution in [3.8, 4) is 11.5 Å². The summed E-state index contributed by atoms with van der Waals surface area (Å²) < 4.78 is 20.6. The molecule has 0 saturated heterocycles. The van der Waals surface area contributed by atoms with E-state index in [0.717, 1.165) is 74.2 Å². The maximum atomic E-state index is 11.8. The SMILES string of the molecule is COC(=O)c1cccc(/C=C2/CCC(CN(C)C)C(c3cccc(OC)c3)C2)c1.COC(=O)c1cccc(/C=C2\CCC(CN(C)C)C(c3cccc(OC)c3)C2)c1.Cl.Cl. The second-order valence-corrected chi connectivity index (χ2v) is 16.1. The quantitative estimate of drug-likeness (QED) is 0.130. The molecule has 8 nitrogen and oxygen atoms in total. The summed E-state index contributed by atoms with van der Waals surface area (Å²) in [6.45, 7) is 2.15. The fraction of sp³-hybridized carbons (Fsp3) is 0.400. The van der Waals surface area contributed by atoms with Crippen molar-refractivity contribution in [2.45, 2.75) is 50.4 Å². The standard InChI is InChI=1S/2C25H31NO3.2ClH/c2*1-26(2)17-22-12-11-19(13-18-7-5-9-21(14-18)25(27)29-4)15-24(22)20-8-6-10-23(16-20)28-3;;/h2*5-10,13-14,16,22,24H,11-12,15,17H2,1-4H3;2*1H/b19-13+;19-13-;;. The van der Waals surface area contributed by atoms with Crippen molar-refractivity contribution >= 4 is 48.9 Å². The molecule has 0 heterocycles. The van der Waals surface area contributed by atoms with Gasteiger partial charge in [0.25, 0.3) is 0 Å². The molecule has 0 aromatic heterocycles. The van der Waals surface area contributed by atoms with Gasteiger partial charge in [0, 0.05) is 13.1 Å². The van der Waals surface area contributed by atoms with Crippen LogP contribution in [0.1, 0.15) is 93.3 Å². The first-order valence-corrected chi connectivity index (χ1v) is 20.3. The zero-order chi connectivity index (χ0) is 41.6. The predicted octanol–water partition coefficient (Wildman–Crippen LogP) is 10.9. The lowest BCUT2D eigenvalue weighted by atomic mass is 9.73. The van der Waals surface area contributed by atoms with Crippen molar-refractivity contribution < 1.29 is 28.5 Å². The van der Waals surface area contributed by atoms with Crippen LogP contribution in [0.4, 0.5) is 0 Å². The van der Waals surface area contributed by atoms with Gasteiger partial charge in [-0.2, -0.15) is 0 Å². The first kappa shape index (κ1) is 49.8. The molecule has 0 radical (unpaired) electrons. The zero-order valence-corrected chi connectivity index (χ0v) is 38.2. The van der Waals surface area contributed by atoms with Crippen LogP contribution in [0.25, 0.3) is 12.2 Å². The van der Waals surface area contributed by atoms with Gasteiger partial charge >= 0.3 is 11.9 Å². The number of hydrogen-bond acceptors (Lipinski definition) is 8. The molecule has 6 rings (SSSR count). The fourth-order valence-electron chi connectivity index (χ4n) is 8.63. The summed E-state index contributed by atoms with van der Waals surface area (Å²) in [5.74, 6) is 3.35. The Kier molecular flexibility index (Phi) is 20.4. The van der Waals surface area contributed by atoms with Crippen molar-refractivity contribution in [2.24, 2.45) is 11.8 Å². The van der Waals surface area contributed by atoms with E-state index in [1.54, 1.807) is 26.4 Å². The van der Waals surface area contributed by atoms with E-state index in [2.05, 4.69) is 86.5 Å². The number of halogens is 2. The lowest BCUT2D eigenvalue weighted by Crippen LogP contribution is -2.29. The van der Waals surface area contributed by atoms with Crippen LogP contribution in [-0.4, -0.2) is 91.5 Å². The Bertz CT molecular complexity index is 1900. The van der Waals surface area contributed by atoms with E-state index < -0.39 is 0 Å². The molecule has 324 valence electrons. The highest BCUT2D eigenvalue weighted by Crippen LogP contribution is 2.43. The minimum absolute atomic E-state index is 0. The molecular weight excluding hydrogens is 795 g/mol. The van der Waals surface area contributed by atoms with Crippen LogP contribution in [-0.2, 0) is 9.47 Å². The monoisotopic (exact) mass is 858 g/mol. The van der Waals surface area contributed by atoms with Crippen molar-refractivity contribution in [3.63, 3.8) is 0 Å². The number of benzene rings is 4. The topological polar surface area (TPSA) is 77.5 Å². The molecule has 10 heteroatoms. The van der Waals surface area contributed by atoms with E-state index in [4.69, 9.17) is 18.9 Å². The summed E-state index contributed by atoms with van der Waals surface area (Å²) >= 11 is 0. The molecule has 0 spiro atoms. The second kappa shape index (κ2) is 24.6. The minimum atomic E-state index is -0.297. The summed E-state index contributed by atoms with van der Waals surface area (Å²) in [6, 6.07) is 32.3. The molecule has 4 aromatic carbocycles. The smallest absolute Gasteiger partial charge is 0.337 e. The van der Waals surface area contributed by atoms with Gasteiger partial charge in [0.2, 0.25) is 0 Å². The highest BCUT2D eigenvalue weighted by atomic mass is 35.5. The molecule has 4 atom stereocenters. The Hall–Kier alpha value is -4.60. The second-order valence-electron chi connectivity index (χ2n) is 16.1. The van der Waals surface area contributed by atoms with Crippen molar-refractivity contribution in [1.29, 1.82) is 0 Å². The average Bonchev–Trinajstić information content (AvgIpc) is 3.24. The molecule has 2 saturated carbocycles. The van der Waals surface area contributed by atoms with E-state index >= 15 is 0 Å². The maximum Gasteiger partial charge on any atom is 0.337 e. The number of hydrogen-bond donors (Lipinski definition) is 0. The third-order valence-electron chi connectivity index (χ3n) is 11.4. The first-order chi connectivity index (χ1) is 28.0. The molecule has 0 N–H and O–H groups in total. The third kappa shape index (κ3) is 14.3. The highest BCUT2D eigenvalue weighted by molar-refractivity contribution is 5.90. The molecule has 4 aromatic rings. The van der Waals surface area contributed by atoms with E-state index in [9.17, 15) is 9.59 Å². The Morgan fingerprint density at radius 3 is 1.30 bits per heavy atom. The number of esters is 2. The van der Waals surface area contributed by atoms with Crippen molar-refractivity contribution in [1.82, 2.24) is 9.80 Å². The number of carbonyl (C=O) groups is 2. The summed E-state index contributed by atoms with van der Waals surface area (Å²) in [5.41, 5.74) is 8.82. The number of carbonyl (C=O) groups excluding carboxylic acids is 2. The van der Waals surface area contributed by atoms with Gasteiger partial charge in [-0.1, -0.05) is 71.8 Å². The zero-order valence-electron chi connectivity index (χ0n) is 36.5. The molecular formula is C50H64Cl2N2O6. The van der Waals surface area contributed by atoms with Crippen LogP contribution >= 0.6 is 24.8 Å². The first-order valence-electron chi connectivity index (χ1n) is 20.3. The van der Waals surface area contributed by atoms with Gasteiger partial charge in [0.15, 0.2) is 0 Å². The molecule has 0 bridgehead atoms. The maximum absolute atomic E-state index is 11.8. The lowest BCUT2D eigenvalue weighted by Gasteiger charge is -2.35. The van der Waals surface area contributed by atoms with Crippen molar-refractivity contribution in [2.75, 3.05) is 69.7 Å². The van der Waals surface area contributed by atoms with E-state index in [1.807, 2.05) is 48.5 Å². The van der Waals surface area contributed by atoms with Gasteiger partial charge in [-0.15, -0.1) is 24.8 Å². The van der Waals surface area contributed by atoms with Crippen LogP contribution in [0, 0.1) is 11.8 Å².